The van der Waals surface area contributed by atoms with Gasteiger partial charge in [0.15, 0.2) is 5.84 Å². The van der Waals surface area contributed by atoms with Crippen LogP contribution in [0.5, 0.6) is 0 Å². The summed E-state index contributed by atoms with van der Waals surface area (Å²) >= 11 is 0. The van der Waals surface area contributed by atoms with Crippen LogP contribution in [0.25, 0.3) is 11.4 Å². The molecular formula is C26H21N5O4S. The number of fused-ring (bicyclic) bond motifs is 1. The second-order valence-corrected chi connectivity index (χ2v) is 9.66. The third kappa shape index (κ3) is 4.66. The number of hydrogen-bond donors (Lipinski definition) is 3. The Bertz CT molecular complexity index is 1680. The van der Waals surface area contributed by atoms with Gasteiger partial charge < -0.3 is 15.6 Å². The number of H-pyrrole nitrogens is 1. The normalized spacial score (nSPS) is 13.5. The predicted octanol–water partition coefficient (Wildman–Crippen LogP) is 3.81. The van der Waals surface area contributed by atoms with Crippen molar-refractivity contribution in [3.05, 3.63) is 106 Å². The number of aryl methyl sites for hydroxylation is 1. The fourth-order valence-corrected chi connectivity index (χ4v) is 4.99. The van der Waals surface area contributed by atoms with Crippen molar-refractivity contribution in [1.82, 2.24) is 9.97 Å². The molecule has 36 heavy (non-hydrogen) atoms. The number of hydrogen-bond acceptors (Lipinski definition) is 6. The Morgan fingerprint density at radius 2 is 1.72 bits per heavy atom. The number of amidine groups is 1. The number of carbonyl (C=O) groups excluding carboxylic acids is 1. The van der Waals surface area contributed by atoms with Gasteiger partial charge in [0.05, 0.1) is 0 Å². The number of amides is 1. The van der Waals surface area contributed by atoms with E-state index in [1.807, 2.05) is 6.92 Å². The number of anilines is 2. The lowest BCUT2D eigenvalue weighted by molar-refractivity contribution is 0.102. The van der Waals surface area contributed by atoms with Crippen LogP contribution in [-0.4, -0.2) is 30.1 Å². The predicted molar refractivity (Wildman–Crippen MR) is 138 cm³/mol. The number of carbonyl (C=O) groups is 1. The molecule has 1 aromatic heterocycles. The topological polar surface area (TPSA) is 133 Å². The molecule has 1 aliphatic heterocycles. The van der Waals surface area contributed by atoms with E-state index in [0.29, 0.717) is 46.0 Å². The van der Waals surface area contributed by atoms with Gasteiger partial charge in [-0.1, -0.05) is 31.2 Å². The Kier molecular flexibility index (Phi) is 5.95. The van der Waals surface area contributed by atoms with Gasteiger partial charge in [-0.2, -0.15) is 8.42 Å². The van der Waals surface area contributed by atoms with Crippen LogP contribution in [0.15, 0.2) is 93.0 Å². The summed E-state index contributed by atoms with van der Waals surface area (Å²) in [5, 5.41) is 5.86. The second kappa shape index (κ2) is 9.23. The van der Waals surface area contributed by atoms with Gasteiger partial charge in [-0.25, -0.2) is 4.98 Å². The highest BCUT2D eigenvalue weighted by atomic mass is 32.2. The van der Waals surface area contributed by atoms with E-state index < -0.39 is 10.0 Å². The van der Waals surface area contributed by atoms with E-state index in [1.165, 1.54) is 12.1 Å². The van der Waals surface area contributed by atoms with E-state index in [4.69, 9.17) is 0 Å². The Balaban J connectivity index is 1.31. The molecule has 0 unspecified atom stereocenters. The van der Waals surface area contributed by atoms with E-state index in [1.54, 1.807) is 66.7 Å². The van der Waals surface area contributed by atoms with Gasteiger partial charge in [-0.3, -0.25) is 9.59 Å². The highest BCUT2D eigenvalue weighted by Gasteiger charge is 2.28. The van der Waals surface area contributed by atoms with Crippen LogP contribution in [0.4, 0.5) is 11.4 Å². The maximum absolute atomic E-state index is 12.8. The molecule has 180 valence electrons. The zero-order valence-electron chi connectivity index (χ0n) is 19.1. The van der Waals surface area contributed by atoms with E-state index in [9.17, 15) is 18.0 Å². The summed E-state index contributed by atoms with van der Waals surface area (Å²) in [7, 11) is -3.72. The van der Waals surface area contributed by atoms with Gasteiger partial charge in [0, 0.05) is 39.8 Å². The number of nitrogens with one attached hydrogen (secondary N) is 3. The van der Waals surface area contributed by atoms with Crippen LogP contribution in [0.1, 0.15) is 28.5 Å². The van der Waals surface area contributed by atoms with Crippen molar-refractivity contribution >= 4 is 33.1 Å². The van der Waals surface area contributed by atoms with Crippen LogP contribution >= 0.6 is 0 Å². The van der Waals surface area contributed by atoms with Crippen molar-refractivity contribution in [3.63, 3.8) is 0 Å². The molecular weight excluding hydrogens is 478 g/mol. The van der Waals surface area contributed by atoms with Crippen molar-refractivity contribution in [1.29, 1.82) is 0 Å². The molecule has 0 spiro atoms. The number of rotatable bonds is 5. The zero-order valence-corrected chi connectivity index (χ0v) is 20.0. The molecule has 0 bridgehead atoms. The second-order valence-electron chi connectivity index (χ2n) is 8.09. The third-order valence-electron chi connectivity index (χ3n) is 5.59. The fourth-order valence-electron chi connectivity index (χ4n) is 3.81. The van der Waals surface area contributed by atoms with Crippen LogP contribution in [-0.2, 0) is 16.4 Å². The van der Waals surface area contributed by atoms with Crippen LogP contribution in [0.2, 0.25) is 0 Å². The fraction of sp³-hybridized carbons (Fsp3) is 0.0769. The lowest BCUT2D eigenvalue weighted by Crippen LogP contribution is -2.14. The summed E-state index contributed by atoms with van der Waals surface area (Å²) in [5.74, 6) is 0.344. The Morgan fingerprint density at radius 3 is 2.50 bits per heavy atom. The molecule has 9 nitrogen and oxygen atoms in total. The van der Waals surface area contributed by atoms with E-state index >= 15 is 0 Å². The minimum absolute atomic E-state index is 0.159. The standard InChI is InChI=1S/C26H21N5O4S/c1-2-18-15-23(32)30-24(27-18)17-6-5-7-20(14-17)29-26(33)16-10-12-19(13-11-16)28-25-21-8-3-4-9-22(21)36(34,35)31-25/h3-15H,2H2,1H3,(H,28,31)(H,29,33)(H,27,30,32). The van der Waals surface area contributed by atoms with Crippen LogP contribution < -0.4 is 16.2 Å². The molecule has 4 aromatic rings. The summed E-state index contributed by atoms with van der Waals surface area (Å²) in [6.45, 7) is 1.92. The van der Waals surface area contributed by atoms with Gasteiger partial charge in [-0.05, 0) is 55.0 Å². The van der Waals surface area contributed by atoms with E-state index in [2.05, 4.69) is 25.0 Å². The summed E-state index contributed by atoms with van der Waals surface area (Å²) in [5.41, 5.74) is 3.17. The Morgan fingerprint density at radius 1 is 0.944 bits per heavy atom. The summed E-state index contributed by atoms with van der Waals surface area (Å²) in [6.07, 6.45) is 0.633. The summed E-state index contributed by atoms with van der Waals surface area (Å²) in [4.78, 5) is 32.1. The number of aromatic nitrogens is 2. The highest BCUT2D eigenvalue weighted by Crippen LogP contribution is 2.27. The van der Waals surface area contributed by atoms with E-state index in [-0.39, 0.29) is 22.2 Å². The molecule has 0 radical (unpaired) electrons. The monoisotopic (exact) mass is 499 g/mol. The van der Waals surface area contributed by atoms with E-state index in [0.717, 1.165) is 0 Å². The van der Waals surface area contributed by atoms with Crippen LogP contribution in [0.3, 0.4) is 0 Å². The number of sulfonamides is 1. The molecule has 0 saturated heterocycles. The van der Waals surface area contributed by atoms with Crippen LogP contribution in [0, 0.1) is 0 Å². The van der Waals surface area contributed by atoms with Crippen molar-refractivity contribution in [2.75, 3.05) is 10.6 Å². The van der Waals surface area contributed by atoms with Crippen molar-refractivity contribution in [2.24, 2.45) is 4.40 Å². The number of nitrogens with zero attached hydrogens (tertiary/aromatic N) is 2. The lowest BCUT2D eigenvalue weighted by Gasteiger charge is -2.10. The molecule has 5 rings (SSSR count). The van der Waals surface area contributed by atoms with Gasteiger partial charge in [0.25, 0.3) is 21.5 Å². The molecule has 3 aromatic carbocycles. The van der Waals surface area contributed by atoms with Gasteiger partial charge in [0.2, 0.25) is 0 Å². The van der Waals surface area contributed by atoms with Crippen molar-refractivity contribution < 1.29 is 13.2 Å². The molecule has 2 heterocycles. The van der Waals surface area contributed by atoms with Crippen molar-refractivity contribution in [2.45, 2.75) is 18.2 Å². The summed E-state index contributed by atoms with van der Waals surface area (Å²) in [6, 6.07) is 21.7. The first-order chi connectivity index (χ1) is 17.3. The average Bonchev–Trinajstić information content (AvgIpc) is 3.14. The highest BCUT2D eigenvalue weighted by molar-refractivity contribution is 7.90. The zero-order chi connectivity index (χ0) is 25.3. The molecule has 0 fully saturated rings. The number of benzene rings is 3. The SMILES string of the molecule is CCc1cc(=O)[nH]c(-c2cccc(NC(=O)c3ccc(NC4=NS(=O)(=O)c5ccccc54)cc3)c2)n1. The molecule has 3 N–H and O–H groups in total. The number of aromatic amines is 1. The lowest BCUT2D eigenvalue weighted by atomic mass is 10.1. The first-order valence-electron chi connectivity index (χ1n) is 11.2. The molecule has 10 heteroatoms. The largest absolute Gasteiger partial charge is 0.339 e. The molecule has 0 aliphatic carbocycles. The quantitative estimate of drug-likeness (QED) is 0.382. The Hall–Kier alpha value is -4.57. The smallest absolute Gasteiger partial charge is 0.285 e. The summed E-state index contributed by atoms with van der Waals surface area (Å²) < 4.78 is 28.3. The minimum Gasteiger partial charge on any atom is -0.339 e. The average molecular weight is 500 g/mol. The third-order valence-corrected chi connectivity index (χ3v) is 6.93. The van der Waals surface area contributed by atoms with Gasteiger partial charge >= 0.3 is 0 Å². The first kappa shape index (κ1) is 23.2. The molecule has 1 amide bonds. The van der Waals surface area contributed by atoms with Gasteiger partial charge in [-0.15, -0.1) is 4.40 Å². The molecule has 1 aliphatic rings. The van der Waals surface area contributed by atoms with Crippen molar-refractivity contribution in [3.8, 4) is 11.4 Å². The van der Waals surface area contributed by atoms with Gasteiger partial charge in [0.1, 0.15) is 10.7 Å². The Labute approximate surface area is 207 Å². The first-order valence-corrected chi connectivity index (χ1v) is 12.6. The minimum atomic E-state index is -3.72. The molecule has 0 atom stereocenters. The molecule has 0 saturated carbocycles. The maximum Gasteiger partial charge on any atom is 0.285 e. The maximum atomic E-state index is 12.8.